The van der Waals surface area contributed by atoms with Gasteiger partial charge in [-0.25, -0.2) is 9.50 Å². The molecule has 3 N–H and O–H groups in total. The van der Waals surface area contributed by atoms with Crippen molar-refractivity contribution in [3.8, 4) is 11.3 Å². The zero-order chi connectivity index (χ0) is 15.4. The Morgan fingerprint density at radius 1 is 1.22 bits per heavy atom. The summed E-state index contributed by atoms with van der Waals surface area (Å²) in [7, 11) is 0. The van der Waals surface area contributed by atoms with Crippen molar-refractivity contribution in [1.29, 1.82) is 0 Å². The summed E-state index contributed by atoms with van der Waals surface area (Å²) in [5, 5.41) is 12.6. The molecule has 4 aromatic rings. The first-order chi connectivity index (χ1) is 11.3. The quantitative estimate of drug-likeness (QED) is 0.604. The lowest BCUT2D eigenvalue weighted by Crippen LogP contribution is -2.06. The Kier molecular flexibility index (Phi) is 2.41. The maximum Gasteiger partial charge on any atom is 0.174 e. The van der Waals surface area contributed by atoms with Gasteiger partial charge in [0, 0.05) is 11.6 Å². The molecule has 0 amide bonds. The van der Waals surface area contributed by atoms with Gasteiger partial charge < -0.3 is 15.6 Å². The lowest BCUT2D eigenvalue weighted by molar-refractivity contribution is 0.460. The van der Waals surface area contributed by atoms with E-state index in [1.165, 1.54) is 12.8 Å². The van der Waals surface area contributed by atoms with Crippen LogP contribution in [-0.4, -0.2) is 25.8 Å². The highest BCUT2D eigenvalue weighted by Gasteiger charge is 2.21. The highest BCUT2D eigenvalue weighted by Crippen LogP contribution is 2.28. The number of hydrogen-bond donors (Lipinski definition) is 2. The fraction of sp³-hybridized carbons (Fsp3) is 0.188. The largest absolute Gasteiger partial charge is 0.380 e. The summed E-state index contributed by atoms with van der Waals surface area (Å²) in [6, 6.07) is 10.3. The molecule has 1 aliphatic carbocycles. The number of nitrogen functional groups attached to an aromatic ring is 1. The first-order valence-electron chi connectivity index (χ1n) is 7.54. The van der Waals surface area contributed by atoms with Gasteiger partial charge in [0.05, 0.1) is 17.3 Å². The summed E-state index contributed by atoms with van der Waals surface area (Å²) in [5.41, 5.74) is 9.19. The molecule has 0 atom stereocenters. The van der Waals surface area contributed by atoms with Gasteiger partial charge in [-0.1, -0.05) is 5.16 Å². The summed E-state index contributed by atoms with van der Waals surface area (Å²) in [6.07, 6.45) is 4.23. The summed E-state index contributed by atoms with van der Waals surface area (Å²) in [6.45, 7) is 0. The zero-order valence-electron chi connectivity index (χ0n) is 12.2. The highest BCUT2D eigenvalue weighted by molar-refractivity contribution is 5.90. The Bertz CT molecular complexity index is 1030. The van der Waals surface area contributed by atoms with Crippen LogP contribution in [0.15, 0.2) is 41.1 Å². The number of anilines is 2. The maximum absolute atomic E-state index is 5.84. The van der Waals surface area contributed by atoms with Gasteiger partial charge in [-0.15, -0.1) is 5.10 Å². The average molecular weight is 306 g/mol. The topological polar surface area (TPSA) is 94.3 Å². The van der Waals surface area contributed by atoms with E-state index in [9.17, 15) is 0 Å². The van der Waals surface area contributed by atoms with E-state index in [-0.39, 0.29) is 0 Å². The molecule has 0 bridgehead atoms. The van der Waals surface area contributed by atoms with Gasteiger partial charge in [-0.3, -0.25) is 0 Å². The third-order valence-corrected chi connectivity index (χ3v) is 4.09. The molecule has 1 aromatic carbocycles. The van der Waals surface area contributed by atoms with Crippen molar-refractivity contribution >= 4 is 28.3 Å². The molecule has 0 aliphatic heterocycles. The van der Waals surface area contributed by atoms with Crippen LogP contribution < -0.4 is 11.1 Å². The Hall–Kier alpha value is -3.09. The second-order valence-corrected chi connectivity index (χ2v) is 5.83. The van der Waals surface area contributed by atoms with E-state index in [2.05, 4.69) is 20.6 Å². The van der Waals surface area contributed by atoms with Crippen molar-refractivity contribution in [2.45, 2.75) is 18.9 Å². The smallest absolute Gasteiger partial charge is 0.174 e. The minimum Gasteiger partial charge on any atom is -0.380 e. The van der Waals surface area contributed by atoms with Crippen molar-refractivity contribution in [2.75, 3.05) is 11.1 Å². The van der Waals surface area contributed by atoms with Gasteiger partial charge in [-0.05, 0) is 43.2 Å². The molecule has 1 aliphatic rings. The number of rotatable bonds is 3. The summed E-state index contributed by atoms with van der Waals surface area (Å²) >= 11 is 0. The van der Waals surface area contributed by atoms with Crippen LogP contribution in [0, 0.1) is 0 Å². The van der Waals surface area contributed by atoms with Gasteiger partial charge >= 0.3 is 0 Å². The molecule has 0 radical (unpaired) electrons. The number of fused-ring (bicyclic) bond motifs is 2. The summed E-state index contributed by atoms with van der Waals surface area (Å²) in [4.78, 5) is 4.42. The molecule has 3 heterocycles. The highest BCUT2D eigenvalue weighted by atomic mass is 16.5. The molecule has 23 heavy (non-hydrogen) atoms. The van der Waals surface area contributed by atoms with E-state index in [0.717, 1.165) is 28.1 Å². The fourth-order valence-corrected chi connectivity index (χ4v) is 2.70. The molecule has 1 fully saturated rings. The molecular formula is C16H14N6O. The van der Waals surface area contributed by atoms with Gasteiger partial charge in [0.1, 0.15) is 5.82 Å². The number of imidazole rings is 1. The third kappa shape index (κ3) is 2.01. The molecule has 7 nitrogen and oxygen atoms in total. The van der Waals surface area contributed by atoms with Crippen LogP contribution in [0.25, 0.3) is 27.9 Å². The normalized spacial score (nSPS) is 14.6. The standard InChI is InChI=1S/C16H14N6O/c17-16-11-7-9(1-4-13(11)23-21-16)12-8-18-15-6-5-14(20-22(12)15)19-10-2-3-10/h1,4-8,10H,2-3H2,(H2,17,21)(H,19,20). The van der Waals surface area contributed by atoms with Gasteiger partial charge in [0.25, 0.3) is 0 Å². The molecule has 1 saturated carbocycles. The summed E-state index contributed by atoms with van der Waals surface area (Å²) in [5.74, 6) is 1.25. The minimum absolute atomic E-state index is 0.389. The summed E-state index contributed by atoms with van der Waals surface area (Å²) < 4.78 is 7.00. The third-order valence-electron chi connectivity index (χ3n) is 4.09. The molecular weight excluding hydrogens is 292 g/mol. The van der Waals surface area contributed by atoms with Gasteiger partial charge in [0.2, 0.25) is 0 Å². The second kappa shape index (κ2) is 4.45. The van der Waals surface area contributed by atoms with Crippen LogP contribution >= 0.6 is 0 Å². The second-order valence-electron chi connectivity index (χ2n) is 5.83. The number of aromatic nitrogens is 4. The SMILES string of the molecule is Nc1noc2ccc(-c3cnc4ccc(NC5CC5)nn34)cc12. The van der Waals surface area contributed by atoms with Crippen molar-refractivity contribution in [1.82, 2.24) is 19.8 Å². The van der Waals surface area contributed by atoms with E-state index < -0.39 is 0 Å². The number of nitrogens with one attached hydrogen (secondary N) is 1. The monoisotopic (exact) mass is 306 g/mol. The van der Waals surface area contributed by atoms with Crippen LogP contribution in [0.4, 0.5) is 11.6 Å². The first-order valence-corrected chi connectivity index (χ1v) is 7.54. The zero-order valence-corrected chi connectivity index (χ0v) is 12.2. The van der Waals surface area contributed by atoms with E-state index in [1.54, 1.807) is 0 Å². The van der Waals surface area contributed by atoms with Crippen LogP contribution in [0.5, 0.6) is 0 Å². The molecule has 0 unspecified atom stereocenters. The predicted octanol–water partition coefficient (Wildman–Crippen LogP) is 2.69. The van der Waals surface area contributed by atoms with Crippen molar-refractivity contribution in [2.24, 2.45) is 0 Å². The van der Waals surface area contributed by atoms with Crippen molar-refractivity contribution < 1.29 is 4.52 Å². The van der Waals surface area contributed by atoms with E-state index >= 15 is 0 Å². The maximum atomic E-state index is 5.84. The van der Waals surface area contributed by atoms with Crippen LogP contribution in [-0.2, 0) is 0 Å². The average Bonchev–Trinajstić information content (AvgIpc) is 3.16. The Morgan fingerprint density at radius 3 is 3.00 bits per heavy atom. The Labute approximate surface area is 131 Å². The Balaban J connectivity index is 1.66. The van der Waals surface area contributed by atoms with Crippen molar-refractivity contribution in [3.63, 3.8) is 0 Å². The molecule has 0 saturated heterocycles. The van der Waals surface area contributed by atoms with E-state index in [4.69, 9.17) is 10.3 Å². The predicted molar refractivity (Wildman–Crippen MR) is 87.0 cm³/mol. The number of nitrogens with two attached hydrogens (primary N) is 1. The minimum atomic E-state index is 0.389. The van der Waals surface area contributed by atoms with Gasteiger partial charge in [0.15, 0.2) is 17.0 Å². The number of nitrogens with zero attached hydrogens (tertiary/aromatic N) is 4. The van der Waals surface area contributed by atoms with Crippen LogP contribution in [0.3, 0.4) is 0 Å². The lowest BCUT2D eigenvalue weighted by atomic mass is 10.1. The fourth-order valence-electron chi connectivity index (χ4n) is 2.70. The molecule has 7 heteroatoms. The van der Waals surface area contributed by atoms with Crippen LogP contribution in [0.1, 0.15) is 12.8 Å². The van der Waals surface area contributed by atoms with E-state index in [0.29, 0.717) is 17.4 Å². The van der Waals surface area contributed by atoms with Crippen LogP contribution in [0.2, 0.25) is 0 Å². The Morgan fingerprint density at radius 2 is 2.13 bits per heavy atom. The molecule has 0 spiro atoms. The van der Waals surface area contributed by atoms with E-state index in [1.807, 2.05) is 41.0 Å². The lowest BCUT2D eigenvalue weighted by Gasteiger charge is -2.06. The first kappa shape index (κ1) is 12.5. The van der Waals surface area contributed by atoms with Gasteiger partial charge in [-0.2, -0.15) is 0 Å². The van der Waals surface area contributed by atoms with Crippen molar-refractivity contribution in [3.05, 3.63) is 36.5 Å². The number of benzene rings is 1. The molecule has 5 rings (SSSR count). The number of hydrogen-bond acceptors (Lipinski definition) is 6. The molecule has 114 valence electrons. The molecule has 3 aromatic heterocycles.